The van der Waals surface area contributed by atoms with E-state index in [2.05, 4.69) is 14.8 Å². The van der Waals surface area contributed by atoms with Crippen molar-refractivity contribution in [2.24, 2.45) is 5.11 Å². The lowest BCUT2D eigenvalue weighted by Crippen LogP contribution is -2.58. The van der Waals surface area contributed by atoms with Gasteiger partial charge in [-0.15, -0.1) is 0 Å². The van der Waals surface area contributed by atoms with E-state index in [9.17, 15) is 4.79 Å². The summed E-state index contributed by atoms with van der Waals surface area (Å²) in [5.74, 6) is -0.540. The van der Waals surface area contributed by atoms with Crippen LogP contribution in [-0.4, -0.2) is 37.9 Å². The molecule has 0 aromatic heterocycles. The highest BCUT2D eigenvalue weighted by Gasteiger charge is 2.47. The van der Waals surface area contributed by atoms with Crippen LogP contribution in [0.2, 0.25) is 0 Å². The van der Waals surface area contributed by atoms with Gasteiger partial charge in [0.15, 0.2) is 6.10 Å². The van der Waals surface area contributed by atoms with Crippen LogP contribution < -0.4 is 0 Å². The van der Waals surface area contributed by atoms with Crippen molar-refractivity contribution in [2.75, 3.05) is 13.7 Å². The van der Waals surface area contributed by atoms with Crippen molar-refractivity contribution in [2.45, 2.75) is 24.9 Å². The van der Waals surface area contributed by atoms with Gasteiger partial charge in [-0.25, -0.2) is 4.79 Å². The van der Waals surface area contributed by atoms with E-state index in [1.54, 1.807) is 0 Å². The van der Waals surface area contributed by atoms with Crippen LogP contribution in [0, 0.1) is 0 Å². The van der Waals surface area contributed by atoms with Gasteiger partial charge in [0.1, 0.15) is 6.04 Å². The Morgan fingerprint density at radius 2 is 2.20 bits per heavy atom. The number of carbonyl (C=O) groups excluding carboxylic acids is 1. The summed E-state index contributed by atoms with van der Waals surface area (Å²) in [6, 6.07) is 9.09. The molecule has 1 aromatic carbocycles. The number of hydrogen-bond donors (Lipinski definition) is 0. The molecule has 0 N–H and O–H groups in total. The van der Waals surface area contributed by atoms with Crippen molar-refractivity contribution < 1.29 is 19.0 Å². The second kappa shape index (κ2) is 6.91. The Kier molecular flexibility index (Phi) is 4.95. The van der Waals surface area contributed by atoms with Gasteiger partial charge >= 0.3 is 5.97 Å². The Bertz CT molecular complexity index is 502. The average Bonchev–Trinajstić information content (AvgIpc) is 2.48. The van der Waals surface area contributed by atoms with Crippen LogP contribution in [0.3, 0.4) is 0 Å². The topological polar surface area (TPSA) is 93.5 Å². The van der Waals surface area contributed by atoms with E-state index in [1.807, 2.05) is 30.3 Å². The Morgan fingerprint density at radius 3 is 2.85 bits per heavy atom. The standard InChI is InChI=1S/C13H15N3O4/c1-18-13(17)12-11(15-16-14)10(20-12)8-19-7-9-5-3-2-4-6-9/h2-6,10-12H,7-8H2,1H3/t10-,11+,12+/m1/s1. The zero-order valence-corrected chi connectivity index (χ0v) is 11.0. The van der Waals surface area contributed by atoms with Crippen molar-refractivity contribution in [3.05, 3.63) is 46.3 Å². The van der Waals surface area contributed by atoms with Crippen molar-refractivity contribution in [3.8, 4) is 0 Å². The monoisotopic (exact) mass is 277 g/mol. The van der Waals surface area contributed by atoms with Crippen LogP contribution in [0.1, 0.15) is 5.56 Å². The summed E-state index contributed by atoms with van der Waals surface area (Å²) in [6.07, 6.45) is -1.25. The zero-order valence-electron chi connectivity index (χ0n) is 11.0. The number of rotatable bonds is 6. The number of nitrogens with zero attached hydrogens (tertiary/aromatic N) is 3. The lowest BCUT2D eigenvalue weighted by molar-refractivity contribution is -0.199. The Balaban J connectivity index is 1.81. The quantitative estimate of drug-likeness (QED) is 0.343. The molecule has 20 heavy (non-hydrogen) atoms. The van der Waals surface area contributed by atoms with E-state index in [0.717, 1.165) is 5.56 Å². The number of ether oxygens (including phenoxy) is 3. The van der Waals surface area contributed by atoms with Gasteiger partial charge in [-0.3, -0.25) is 0 Å². The number of azide groups is 1. The molecule has 0 unspecified atom stereocenters. The first kappa shape index (κ1) is 14.3. The minimum atomic E-state index is -0.832. The molecule has 3 atom stereocenters. The number of carbonyl (C=O) groups is 1. The van der Waals surface area contributed by atoms with E-state index in [-0.39, 0.29) is 6.61 Å². The van der Waals surface area contributed by atoms with Gasteiger partial charge in [-0.1, -0.05) is 35.4 Å². The summed E-state index contributed by atoms with van der Waals surface area (Å²) >= 11 is 0. The highest BCUT2D eigenvalue weighted by Crippen LogP contribution is 2.26. The summed E-state index contributed by atoms with van der Waals surface area (Å²) < 4.78 is 15.4. The first-order valence-corrected chi connectivity index (χ1v) is 6.15. The molecule has 0 saturated carbocycles. The SMILES string of the molecule is COC(=O)[C@H]1O[C@H](COCc2ccccc2)[C@@H]1N=[N+]=[N-]. The van der Waals surface area contributed by atoms with Crippen LogP contribution in [0.25, 0.3) is 10.4 Å². The summed E-state index contributed by atoms with van der Waals surface area (Å²) in [6.45, 7) is 0.693. The normalized spacial score (nSPS) is 24.4. The number of hydrogen-bond acceptors (Lipinski definition) is 5. The molecule has 7 heteroatoms. The van der Waals surface area contributed by atoms with E-state index in [4.69, 9.17) is 15.0 Å². The van der Waals surface area contributed by atoms with Gasteiger partial charge in [-0.05, 0) is 11.1 Å². The summed E-state index contributed by atoms with van der Waals surface area (Å²) in [4.78, 5) is 14.1. The molecule has 0 radical (unpaired) electrons. The van der Waals surface area contributed by atoms with E-state index >= 15 is 0 Å². The Hall–Kier alpha value is -2.08. The van der Waals surface area contributed by atoms with E-state index in [1.165, 1.54) is 7.11 Å². The molecule has 7 nitrogen and oxygen atoms in total. The largest absolute Gasteiger partial charge is 0.467 e. The second-order valence-electron chi connectivity index (χ2n) is 4.31. The molecular formula is C13H15N3O4. The maximum absolute atomic E-state index is 11.3. The van der Waals surface area contributed by atoms with Crippen LogP contribution >= 0.6 is 0 Å². The third-order valence-electron chi connectivity index (χ3n) is 3.02. The van der Waals surface area contributed by atoms with Crippen molar-refractivity contribution in [1.29, 1.82) is 0 Å². The molecule has 0 bridgehead atoms. The van der Waals surface area contributed by atoms with Gasteiger partial charge in [0.25, 0.3) is 0 Å². The molecule has 106 valence electrons. The lowest BCUT2D eigenvalue weighted by Gasteiger charge is -2.39. The molecule has 1 aliphatic heterocycles. The number of esters is 1. The smallest absolute Gasteiger partial charge is 0.335 e. The Morgan fingerprint density at radius 1 is 1.45 bits per heavy atom. The lowest BCUT2D eigenvalue weighted by atomic mass is 9.99. The van der Waals surface area contributed by atoms with Crippen LogP contribution in [-0.2, 0) is 25.6 Å². The summed E-state index contributed by atoms with van der Waals surface area (Å²) in [7, 11) is 1.26. The van der Waals surface area contributed by atoms with Crippen molar-refractivity contribution in [3.63, 3.8) is 0 Å². The predicted molar refractivity (Wildman–Crippen MR) is 69.7 cm³/mol. The van der Waals surface area contributed by atoms with Gasteiger partial charge in [0.2, 0.25) is 0 Å². The fraction of sp³-hybridized carbons (Fsp3) is 0.462. The second-order valence-corrected chi connectivity index (χ2v) is 4.31. The highest BCUT2D eigenvalue weighted by atomic mass is 16.6. The maximum Gasteiger partial charge on any atom is 0.335 e. The van der Waals surface area contributed by atoms with Crippen LogP contribution in [0.15, 0.2) is 35.4 Å². The molecule has 0 amide bonds. The molecule has 1 saturated heterocycles. The molecule has 0 aliphatic carbocycles. The van der Waals surface area contributed by atoms with Crippen LogP contribution in [0.5, 0.6) is 0 Å². The maximum atomic E-state index is 11.3. The number of methoxy groups -OCH3 is 1. The van der Waals surface area contributed by atoms with Crippen molar-refractivity contribution in [1.82, 2.24) is 0 Å². The van der Waals surface area contributed by atoms with Crippen molar-refractivity contribution >= 4 is 5.97 Å². The molecule has 1 aromatic rings. The van der Waals surface area contributed by atoms with Gasteiger partial charge in [-0.2, -0.15) is 0 Å². The molecule has 1 fully saturated rings. The Labute approximate surface area is 116 Å². The molecule has 2 rings (SSSR count). The van der Waals surface area contributed by atoms with Gasteiger partial charge < -0.3 is 14.2 Å². The first-order chi connectivity index (χ1) is 9.76. The molecule has 0 spiro atoms. The summed E-state index contributed by atoms with van der Waals surface area (Å²) in [5, 5.41) is 3.56. The fourth-order valence-electron chi connectivity index (χ4n) is 1.97. The minimum absolute atomic E-state index is 0.256. The van der Waals surface area contributed by atoms with E-state index in [0.29, 0.717) is 6.61 Å². The molecule has 1 aliphatic rings. The fourth-order valence-corrected chi connectivity index (χ4v) is 1.97. The van der Waals surface area contributed by atoms with Gasteiger partial charge in [0, 0.05) is 4.91 Å². The predicted octanol–water partition coefficient (Wildman–Crippen LogP) is 1.82. The zero-order chi connectivity index (χ0) is 14.4. The third-order valence-corrected chi connectivity index (χ3v) is 3.02. The molecule has 1 heterocycles. The third kappa shape index (κ3) is 3.27. The number of benzene rings is 1. The molecular weight excluding hydrogens is 262 g/mol. The highest BCUT2D eigenvalue weighted by molar-refractivity contribution is 5.76. The minimum Gasteiger partial charge on any atom is -0.467 e. The van der Waals surface area contributed by atoms with Crippen LogP contribution in [0.4, 0.5) is 0 Å². The summed E-state index contributed by atoms with van der Waals surface area (Å²) in [5.41, 5.74) is 9.54. The average molecular weight is 277 g/mol. The van der Waals surface area contributed by atoms with Gasteiger partial charge in [0.05, 0.1) is 26.4 Å². The first-order valence-electron chi connectivity index (χ1n) is 6.15. The van der Waals surface area contributed by atoms with E-state index < -0.39 is 24.2 Å².